The first kappa shape index (κ1) is 46.0. The molecule has 0 saturated carbocycles. The Morgan fingerprint density at radius 3 is 1.60 bits per heavy atom. The molecule has 0 aliphatic rings. The van der Waals surface area contributed by atoms with E-state index in [1.807, 2.05) is 43.3 Å². The van der Waals surface area contributed by atoms with Crippen LogP contribution in [-0.4, -0.2) is 50.3 Å². The predicted octanol–water partition coefficient (Wildman–Crippen LogP) is 9.89. The Morgan fingerprint density at radius 2 is 1.07 bits per heavy atom. The van der Waals surface area contributed by atoms with E-state index < -0.39 is 23.9 Å². The zero-order valence-electron chi connectivity index (χ0n) is 34.0. The van der Waals surface area contributed by atoms with Crippen LogP contribution < -0.4 is 19.1 Å². The van der Waals surface area contributed by atoms with Gasteiger partial charge >= 0.3 is 23.9 Å². The Balaban J connectivity index is 1.09. The summed E-state index contributed by atoms with van der Waals surface area (Å²) in [6.45, 7) is 10.8. The van der Waals surface area contributed by atoms with Gasteiger partial charge in [-0.3, -0.25) is 0 Å². The van der Waals surface area contributed by atoms with Crippen LogP contribution in [0.1, 0.15) is 88.8 Å². The number of unbranched alkanes of at least 4 members (excludes halogenated alkanes) is 6. The van der Waals surface area contributed by atoms with Gasteiger partial charge in [0.15, 0.2) is 5.75 Å². The van der Waals surface area contributed by atoms with Crippen molar-refractivity contribution in [3.8, 4) is 23.0 Å². The maximum absolute atomic E-state index is 12.7. The van der Waals surface area contributed by atoms with Gasteiger partial charge in [-0.1, -0.05) is 31.4 Å². The van der Waals surface area contributed by atoms with E-state index in [1.165, 1.54) is 36.6 Å². The Kier molecular flexibility index (Phi) is 20.2. The summed E-state index contributed by atoms with van der Waals surface area (Å²) in [5.41, 5.74) is 3.16. The smallest absolute Gasteiger partial charge is 0.343 e. The van der Waals surface area contributed by atoms with Crippen LogP contribution in [0.5, 0.6) is 23.0 Å². The summed E-state index contributed by atoms with van der Waals surface area (Å²) in [5.74, 6) is 0.320. The van der Waals surface area contributed by atoms with Gasteiger partial charge in [-0.15, -0.1) is 0 Å². The van der Waals surface area contributed by atoms with Crippen molar-refractivity contribution in [2.75, 3.05) is 26.4 Å². The van der Waals surface area contributed by atoms with Crippen LogP contribution >= 0.6 is 0 Å². The highest BCUT2D eigenvalue weighted by Gasteiger charge is 2.12. The standard InChI is InChI=1S/C48H52O12/c1-4-45(49)55-31-12-8-6-10-29-53-41-21-14-38(15-22-41)35-58-60-44-27-16-37(34-36(44)3)28-33-57-47(51)39-19-25-43(26-20-39)59-48(52)40-17-23-42(24-18-40)54-30-11-7-9-13-32-56-46(50)5-2/h4-5,14-28,33-34H,1-2,6-13,29-32,35H2,3H3. The summed E-state index contributed by atoms with van der Waals surface area (Å²) in [5, 5.41) is 0. The highest BCUT2D eigenvalue weighted by Crippen LogP contribution is 2.22. The van der Waals surface area contributed by atoms with Crippen molar-refractivity contribution < 1.29 is 57.4 Å². The van der Waals surface area contributed by atoms with Crippen molar-refractivity contribution in [3.05, 3.63) is 150 Å². The lowest BCUT2D eigenvalue weighted by atomic mass is 10.1. The number of esters is 4. The lowest BCUT2D eigenvalue weighted by Crippen LogP contribution is -2.09. The second-order valence-corrected chi connectivity index (χ2v) is 13.4. The number of carbonyl (C=O) groups is 4. The molecule has 0 radical (unpaired) electrons. The third-order valence-corrected chi connectivity index (χ3v) is 8.76. The van der Waals surface area contributed by atoms with E-state index in [9.17, 15) is 19.2 Å². The summed E-state index contributed by atoms with van der Waals surface area (Å²) in [6, 6.07) is 25.8. The van der Waals surface area contributed by atoms with Crippen LogP contribution in [0.15, 0.2) is 123 Å². The van der Waals surface area contributed by atoms with Crippen LogP contribution in [0.25, 0.3) is 6.08 Å². The van der Waals surface area contributed by atoms with Crippen molar-refractivity contribution in [2.24, 2.45) is 0 Å². The Bertz CT molecular complexity index is 2000. The molecular weight excluding hydrogens is 769 g/mol. The molecular formula is C48H52O12. The molecule has 4 rings (SSSR count). The molecule has 0 amide bonds. The highest BCUT2D eigenvalue weighted by molar-refractivity contribution is 5.92. The van der Waals surface area contributed by atoms with Gasteiger partial charge in [0.2, 0.25) is 0 Å². The minimum Gasteiger partial charge on any atom is -0.494 e. The molecule has 4 aromatic rings. The Morgan fingerprint density at radius 1 is 0.567 bits per heavy atom. The van der Waals surface area contributed by atoms with Crippen molar-refractivity contribution in [1.29, 1.82) is 0 Å². The van der Waals surface area contributed by atoms with E-state index in [4.69, 9.17) is 38.2 Å². The van der Waals surface area contributed by atoms with Gasteiger partial charge in [-0.2, -0.15) is 4.89 Å². The fraction of sp³-hybridized carbons (Fsp3) is 0.292. The molecule has 0 bridgehead atoms. The second-order valence-electron chi connectivity index (χ2n) is 13.4. The molecule has 0 aliphatic heterocycles. The Hall–Kier alpha value is -6.66. The number of aryl methyl sites for hydroxylation is 1. The summed E-state index contributed by atoms with van der Waals surface area (Å²) in [7, 11) is 0. The Labute approximate surface area is 351 Å². The van der Waals surface area contributed by atoms with Crippen LogP contribution in [0.4, 0.5) is 0 Å². The topological polar surface area (TPSA) is 142 Å². The van der Waals surface area contributed by atoms with Gasteiger partial charge in [0, 0.05) is 12.2 Å². The van der Waals surface area contributed by atoms with E-state index in [0.717, 1.165) is 79.9 Å². The molecule has 0 aliphatic carbocycles. The maximum atomic E-state index is 12.7. The lowest BCUT2D eigenvalue weighted by molar-refractivity contribution is -0.217. The summed E-state index contributed by atoms with van der Waals surface area (Å²) < 4.78 is 32.3. The van der Waals surface area contributed by atoms with Crippen LogP contribution in [0.2, 0.25) is 0 Å². The van der Waals surface area contributed by atoms with Gasteiger partial charge in [0.25, 0.3) is 0 Å². The number of carbonyl (C=O) groups excluding carboxylic acids is 4. The molecule has 0 saturated heterocycles. The predicted molar refractivity (Wildman–Crippen MR) is 226 cm³/mol. The molecule has 0 spiro atoms. The van der Waals surface area contributed by atoms with Crippen molar-refractivity contribution in [2.45, 2.75) is 64.9 Å². The van der Waals surface area contributed by atoms with Crippen molar-refractivity contribution in [1.82, 2.24) is 0 Å². The molecule has 0 N–H and O–H groups in total. The highest BCUT2D eigenvalue weighted by atomic mass is 17.2. The van der Waals surface area contributed by atoms with Gasteiger partial charge in [-0.25, -0.2) is 19.2 Å². The normalized spacial score (nSPS) is 10.7. The molecule has 4 aromatic carbocycles. The average Bonchev–Trinajstić information content (AvgIpc) is 3.26. The molecule has 0 atom stereocenters. The molecule has 0 aromatic heterocycles. The fourth-order valence-electron chi connectivity index (χ4n) is 5.43. The van der Waals surface area contributed by atoms with Gasteiger partial charge in [0.1, 0.15) is 23.9 Å². The van der Waals surface area contributed by atoms with E-state index >= 15 is 0 Å². The van der Waals surface area contributed by atoms with E-state index in [-0.39, 0.29) is 17.9 Å². The lowest BCUT2D eigenvalue weighted by Gasteiger charge is -2.10. The largest absolute Gasteiger partial charge is 0.494 e. The number of rotatable bonds is 27. The fourth-order valence-corrected chi connectivity index (χ4v) is 5.43. The third-order valence-electron chi connectivity index (χ3n) is 8.76. The quantitative estimate of drug-likeness (QED) is 0.00826. The zero-order valence-corrected chi connectivity index (χ0v) is 34.0. The summed E-state index contributed by atoms with van der Waals surface area (Å²) >= 11 is 0. The number of hydrogen-bond donors (Lipinski definition) is 0. The molecule has 316 valence electrons. The second kappa shape index (κ2) is 26.4. The SMILES string of the molecule is C=CC(=O)OCCCCCCOc1ccc(COOc2ccc(C=COC(=O)c3ccc(OC(=O)c4ccc(OCCCCCCOC(=O)C=C)cc4)cc3)cc2C)cc1. The first-order valence-corrected chi connectivity index (χ1v) is 19.9. The monoisotopic (exact) mass is 820 g/mol. The molecule has 12 nitrogen and oxygen atoms in total. The zero-order chi connectivity index (χ0) is 42.8. The number of hydrogen-bond acceptors (Lipinski definition) is 12. The molecule has 60 heavy (non-hydrogen) atoms. The maximum Gasteiger partial charge on any atom is 0.343 e. The van der Waals surface area contributed by atoms with Crippen LogP contribution in [-0.2, 0) is 35.3 Å². The first-order valence-electron chi connectivity index (χ1n) is 19.9. The minimum atomic E-state index is -0.573. The van der Waals surface area contributed by atoms with Crippen LogP contribution in [0, 0.1) is 6.92 Å². The van der Waals surface area contributed by atoms with E-state index in [1.54, 1.807) is 36.4 Å². The molecule has 12 heteroatoms. The van der Waals surface area contributed by atoms with Crippen molar-refractivity contribution >= 4 is 30.0 Å². The van der Waals surface area contributed by atoms with Gasteiger partial charge in [0.05, 0.1) is 43.8 Å². The average molecular weight is 821 g/mol. The number of benzene rings is 4. The molecule has 0 unspecified atom stereocenters. The number of ether oxygens (including phenoxy) is 6. The summed E-state index contributed by atoms with van der Waals surface area (Å²) in [6.07, 6.45) is 12.4. The van der Waals surface area contributed by atoms with Gasteiger partial charge < -0.3 is 33.3 Å². The van der Waals surface area contributed by atoms with Gasteiger partial charge in [-0.05, 0) is 154 Å². The molecule has 0 heterocycles. The van der Waals surface area contributed by atoms with E-state index in [2.05, 4.69) is 13.2 Å². The van der Waals surface area contributed by atoms with Crippen LogP contribution in [0.3, 0.4) is 0 Å². The minimum absolute atomic E-state index is 0.241. The third kappa shape index (κ3) is 17.5. The van der Waals surface area contributed by atoms with E-state index in [0.29, 0.717) is 43.5 Å². The molecule has 0 fully saturated rings. The van der Waals surface area contributed by atoms with Crippen molar-refractivity contribution in [3.63, 3.8) is 0 Å². The first-order chi connectivity index (χ1) is 29.2. The summed E-state index contributed by atoms with van der Waals surface area (Å²) in [4.78, 5) is 58.4.